The van der Waals surface area contributed by atoms with Crippen LogP contribution in [-0.4, -0.2) is 5.91 Å². The van der Waals surface area contributed by atoms with E-state index in [0.717, 1.165) is 6.07 Å². The Bertz CT molecular complexity index is 415. The Hall–Kier alpha value is -2.04. The number of carbonyl (C=O) groups is 1. The Balaban J connectivity index is 2.94. The first-order chi connectivity index (χ1) is 7.00. The molecule has 0 aliphatic heterocycles. The highest BCUT2D eigenvalue weighted by molar-refractivity contribution is 5.79. The lowest BCUT2D eigenvalue weighted by Gasteiger charge is -2.04. The summed E-state index contributed by atoms with van der Waals surface area (Å²) in [5, 5.41) is 0. The van der Waals surface area contributed by atoms with Crippen molar-refractivity contribution in [1.82, 2.24) is 0 Å². The molecule has 15 heavy (non-hydrogen) atoms. The number of hydrogen-bond acceptors (Lipinski definition) is 3. The second-order valence-corrected chi connectivity index (χ2v) is 3.07. The molecule has 1 aromatic carbocycles. The van der Waals surface area contributed by atoms with Crippen molar-refractivity contribution in [3.63, 3.8) is 0 Å². The van der Waals surface area contributed by atoms with Crippen molar-refractivity contribution in [2.24, 2.45) is 5.73 Å². The minimum absolute atomic E-state index is 0.0792. The van der Waals surface area contributed by atoms with E-state index < -0.39 is 11.7 Å². The first-order valence-electron chi connectivity index (χ1n) is 4.30. The van der Waals surface area contributed by atoms with Crippen LogP contribution in [0.15, 0.2) is 18.2 Å². The highest BCUT2D eigenvalue weighted by Crippen LogP contribution is 2.22. The third-order valence-corrected chi connectivity index (χ3v) is 1.83. The largest absolute Gasteiger partial charge is 0.397 e. The lowest BCUT2D eigenvalue weighted by Crippen LogP contribution is -2.08. The molecular weight excluding hydrogens is 197 g/mol. The molecule has 4 nitrogen and oxygen atoms in total. The Kier molecular flexibility index (Phi) is 3.28. The highest BCUT2D eigenvalue weighted by Gasteiger charge is 2.02. The zero-order valence-corrected chi connectivity index (χ0v) is 8.03. The van der Waals surface area contributed by atoms with Crippen molar-refractivity contribution in [3.05, 3.63) is 29.6 Å². The number of amides is 1. The molecule has 1 rings (SSSR count). The summed E-state index contributed by atoms with van der Waals surface area (Å²) in [6.07, 6.45) is 3.10. The second kappa shape index (κ2) is 4.45. The van der Waals surface area contributed by atoms with Gasteiger partial charge >= 0.3 is 0 Å². The molecule has 0 saturated heterocycles. The number of halogens is 1. The summed E-state index contributed by atoms with van der Waals surface area (Å²) in [6, 6.07) is 2.38. The van der Waals surface area contributed by atoms with Crippen LogP contribution < -0.4 is 17.2 Å². The van der Waals surface area contributed by atoms with E-state index in [1.54, 1.807) is 0 Å². The monoisotopic (exact) mass is 209 g/mol. The van der Waals surface area contributed by atoms with Gasteiger partial charge in [0.25, 0.3) is 0 Å². The van der Waals surface area contributed by atoms with Gasteiger partial charge in [-0.2, -0.15) is 0 Å². The molecule has 0 saturated carbocycles. The van der Waals surface area contributed by atoms with Crippen LogP contribution in [0.3, 0.4) is 0 Å². The van der Waals surface area contributed by atoms with E-state index in [-0.39, 0.29) is 17.8 Å². The zero-order valence-electron chi connectivity index (χ0n) is 8.03. The molecule has 0 aliphatic carbocycles. The van der Waals surface area contributed by atoms with E-state index in [4.69, 9.17) is 17.2 Å². The molecule has 0 atom stereocenters. The Morgan fingerprint density at radius 1 is 1.40 bits per heavy atom. The molecule has 80 valence electrons. The number of carbonyl (C=O) groups excluding carboxylic acids is 1. The fraction of sp³-hybridized carbons (Fsp3) is 0.100. The number of anilines is 2. The third kappa shape index (κ3) is 2.98. The summed E-state index contributed by atoms with van der Waals surface area (Å²) in [5.41, 5.74) is 16.9. The van der Waals surface area contributed by atoms with Crippen LogP contribution in [0.4, 0.5) is 15.8 Å². The number of benzene rings is 1. The molecule has 0 aliphatic rings. The molecule has 6 N–H and O–H groups in total. The van der Waals surface area contributed by atoms with Gasteiger partial charge < -0.3 is 17.2 Å². The van der Waals surface area contributed by atoms with Gasteiger partial charge in [0.1, 0.15) is 5.82 Å². The number of nitrogen functional groups attached to an aromatic ring is 2. The van der Waals surface area contributed by atoms with Crippen LogP contribution in [0.25, 0.3) is 6.08 Å². The molecule has 0 heterocycles. The lowest BCUT2D eigenvalue weighted by molar-refractivity contribution is -0.117. The molecule has 0 bridgehead atoms. The van der Waals surface area contributed by atoms with E-state index in [9.17, 15) is 9.18 Å². The summed E-state index contributed by atoms with van der Waals surface area (Å²) in [7, 11) is 0. The van der Waals surface area contributed by atoms with Gasteiger partial charge in [0, 0.05) is 12.0 Å². The van der Waals surface area contributed by atoms with Gasteiger partial charge in [-0.15, -0.1) is 0 Å². The zero-order chi connectivity index (χ0) is 11.4. The molecule has 0 unspecified atom stereocenters. The van der Waals surface area contributed by atoms with Gasteiger partial charge in [0.2, 0.25) is 5.91 Å². The summed E-state index contributed by atoms with van der Waals surface area (Å²) >= 11 is 0. The molecule has 1 amide bonds. The first kappa shape index (κ1) is 11.0. The maximum atomic E-state index is 12.9. The molecule has 1 aromatic rings. The van der Waals surface area contributed by atoms with Gasteiger partial charge in [-0.1, -0.05) is 12.2 Å². The summed E-state index contributed by atoms with van der Waals surface area (Å²) in [4.78, 5) is 10.4. The molecule has 0 aromatic heterocycles. The van der Waals surface area contributed by atoms with Crippen LogP contribution in [0.1, 0.15) is 12.0 Å². The van der Waals surface area contributed by atoms with Crippen LogP contribution in [0, 0.1) is 5.82 Å². The minimum Gasteiger partial charge on any atom is -0.397 e. The van der Waals surface area contributed by atoms with Crippen molar-refractivity contribution in [2.75, 3.05) is 11.5 Å². The van der Waals surface area contributed by atoms with Crippen LogP contribution in [0.2, 0.25) is 0 Å². The average Bonchev–Trinajstić information content (AvgIpc) is 2.12. The average molecular weight is 209 g/mol. The minimum atomic E-state index is -0.472. The Labute approximate surface area is 86.5 Å². The van der Waals surface area contributed by atoms with Crippen molar-refractivity contribution >= 4 is 23.4 Å². The van der Waals surface area contributed by atoms with E-state index in [0.29, 0.717) is 5.56 Å². The smallest absolute Gasteiger partial charge is 0.221 e. The standard InChI is InChI=1S/C10H12FN3O/c11-7-4-6(2-1-3-9(13)15)10(14)8(12)5-7/h1-2,4-5H,3,12,14H2,(H2,13,15). The maximum absolute atomic E-state index is 12.9. The summed E-state index contributed by atoms with van der Waals surface area (Å²) in [6.45, 7) is 0. The predicted molar refractivity (Wildman–Crippen MR) is 58.1 cm³/mol. The molecular formula is C10H12FN3O. The van der Waals surface area contributed by atoms with Crippen LogP contribution in [0.5, 0.6) is 0 Å². The topological polar surface area (TPSA) is 95.1 Å². The van der Waals surface area contributed by atoms with Gasteiger partial charge in [-0.25, -0.2) is 4.39 Å². The normalized spacial score (nSPS) is 10.7. The molecule has 5 heteroatoms. The molecule has 0 spiro atoms. The van der Waals surface area contributed by atoms with Crippen LogP contribution >= 0.6 is 0 Å². The van der Waals surface area contributed by atoms with Crippen molar-refractivity contribution in [3.8, 4) is 0 Å². The fourth-order valence-electron chi connectivity index (χ4n) is 1.10. The van der Waals surface area contributed by atoms with Gasteiger partial charge in [0.05, 0.1) is 11.4 Å². The maximum Gasteiger partial charge on any atom is 0.221 e. The van der Waals surface area contributed by atoms with E-state index in [1.807, 2.05) is 0 Å². The lowest BCUT2D eigenvalue weighted by atomic mass is 10.1. The molecule has 0 radical (unpaired) electrons. The van der Waals surface area contributed by atoms with E-state index in [1.165, 1.54) is 18.2 Å². The Morgan fingerprint density at radius 3 is 2.67 bits per heavy atom. The van der Waals surface area contributed by atoms with E-state index in [2.05, 4.69) is 0 Å². The molecule has 0 fully saturated rings. The third-order valence-electron chi connectivity index (χ3n) is 1.83. The predicted octanol–water partition coefficient (Wildman–Crippen LogP) is 0.879. The quantitative estimate of drug-likeness (QED) is 0.645. The summed E-state index contributed by atoms with van der Waals surface area (Å²) < 4.78 is 12.9. The number of nitrogens with two attached hydrogens (primary N) is 3. The van der Waals surface area contributed by atoms with Crippen molar-refractivity contribution in [1.29, 1.82) is 0 Å². The number of hydrogen-bond donors (Lipinski definition) is 3. The van der Waals surface area contributed by atoms with Crippen LogP contribution in [-0.2, 0) is 4.79 Å². The van der Waals surface area contributed by atoms with Crippen molar-refractivity contribution in [2.45, 2.75) is 6.42 Å². The summed E-state index contributed by atoms with van der Waals surface area (Å²) in [5.74, 6) is -0.936. The van der Waals surface area contributed by atoms with Gasteiger partial charge in [-0.05, 0) is 12.1 Å². The van der Waals surface area contributed by atoms with Gasteiger partial charge in [0.15, 0.2) is 0 Å². The van der Waals surface area contributed by atoms with Gasteiger partial charge in [-0.3, -0.25) is 4.79 Å². The second-order valence-electron chi connectivity index (χ2n) is 3.07. The number of rotatable bonds is 3. The Morgan fingerprint density at radius 2 is 2.07 bits per heavy atom. The number of primary amides is 1. The fourth-order valence-corrected chi connectivity index (χ4v) is 1.10. The highest BCUT2D eigenvalue weighted by atomic mass is 19.1. The van der Waals surface area contributed by atoms with E-state index >= 15 is 0 Å². The SMILES string of the molecule is NC(=O)CC=Cc1cc(F)cc(N)c1N. The van der Waals surface area contributed by atoms with Crippen molar-refractivity contribution < 1.29 is 9.18 Å². The first-order valence-corrected chi connectivity index (χ1v) is 4.30.